The van der Waals surface area contributed by atoms with Gasteiger partial charge in [0.15, 0.2) is 22.3 Å². The quantitative estimate of drug-likeness (QED) is 0.298. The van der Waals surface area contributed by atoms with Gasteiger partial charge in [0, 0.05) is 24.4 Å². The van der Waals surface area contributed by atoms with Crippen LogP contribution >= 0.6 is 39.1 Å². The predicted molar refractivity (Wildman–Crippen MR) is 164 cm³/mol. The third-order valence-corrected chi connectivity index (χ3v) is 8.46. The fourth-order valence-corrected chi connectivity index (χ4v) is 5.40. The van der Waals surface area contributed by atoms with Crippen molar-refractivity contribution in [3.8, 4) is 11.5 Å². The second kappa shape index (κ2) is 14.3. The Kier molecular flexibility index (Phi) is 11.0. The number of halogens is 3. The Bertz CT molecular complexity index is 1360. The van der Waals surface area contributed by atoms with Crippen LogP contribution in [0, 0.1) is 5.41 Å². The summed E-state index contributed by atoms with van der Waals surface area (Å²) in [5.41, 5.74) is 0.228. The van der Waals surface area contributed by atoms with Crippen LogP contribution in [0.25, 0.3) is 0 Å². The second-order valence-corrected chi connectivity index (χ2v) is 12.2. The molecule has 2 fully saturated rings. The lowest BCUT2D eigenvalue weighted by molar-refractivity contribution is -0.141. The molecule has 3 N–H and O–H groups in total. The predicted octanol–water partition coefficient (Wildman–Crippen LogP) is 2.96. The van der Waals surface area contributed by atoms with Gasteiger partial charge in [-0.15, -0.1) is 0 Å². The highest BCUT2D eigenvalue weighted by Crippen LogP contribution is 2.47. The number of rotatable bonds is 8. The summed E-state index contributed by atoms with van der Waals surface area (Å²) in [7, 11) is 1.57. The Labute approximate surface area is 267 Å². The molecule has 15 heteroatoms. The molecule has 0 unspecified atom stereocenters. The first-order chi connectivity index (χ1) is 20.4. The molecule has 2 aromatic heterocycles. The van der Waals surface area contributed by atoms with E-state index in [1.807, 2.05) is 30.0 Å². The normalized spacial score (nSPS) is 21.4. The molecule has 5 rings (SSSR count). The molecule has 2 aliphatic rings. The van der Waals surface area contributed by atoms with Crippen LogP contribution in [-0.2, 0) is 4.79 Å². The van der Waals surface area contributed by atoms with E-state index >= 15 is 0 Å². The molecule has 0 saturated carbocycles. The molecule has 0 aliphatic carbocycles. The van der Waals surface area contributed by atoms with E-state index in [4.69, 9.17) is 32.7 Å². The van der Waals surface area contributed by atoms with Crippen molar-refractivity contribution in [3.63, 3.8) is 0 Å². The van der Waals surface area contributed by atoms with Crippen LogP contribution in [0.5, 0.6) is 11.5 Å². The maximum atomic E-state index is 12.6. The standard InChI is InChI=1S/C24H31ClN4O6.C4H2BrClN2/c1-14(31)24(2)13-29(22(33)19(32)12-30)11-18(24)15-4-5-20(34-3)21(6-15)35-17-9-28(10-17)23-26-7-16(25)8-27-23;5-4-7-1-3(6)2-8-4/h4-8,14,17-19,30-32H,9-13H2,1-3H3;1-2H/t14-,18+,19+,24+;/m1./s1. The van der Waals surface area contributed by atoms with E-state index in [-0.39, 0.29) is 18.6 Å². The molecular weight excluding hydrogens is 667 g/mol. The number of aromatic nitrogens is 4. The van der Waals surface area contributed by atoms with Crippen LogP contribution in [0.1, 0.15) is 25.3 Å². The van der Waals surface area contributed by atoms with Gasteiger partial charge in [-0.1, -0.05) is 36.2 Å². The topological polar surface area (TPSA) is 154 Å². The molecule has 4 heterocycles. The number of anilines is 1. The zero-order valence-electron chi connectivity index (χ0n) is 23.8. The van der Waals surface area contributed by atoms with E-state index in [0.29, 0.717) is 51.9 Å². The summed E-state index contributed by atoms with van der Waals surface area (Å²) in [6.45, 7) is 4.73. The first-order valence-electron chi connectivity index (χ1n) is 13.4. The number of amides is 1. The minimum atomic E-state index is -1.48. The fourth-order valence-electron chi connectivity index (χ4n) is 5.00. The molecule has 0 radical (unpaired) electrons. The molecule has 2 aliphatic heterocycles. The number of methoxy groups -OCH3 is 1. The van der Waals surface area contributed by atoms with E-state index in [1.54, 1.807) is 26.4 Å². The fraction of sp³-hybridized carbons (Fsp3) is 0.464. The van der Waals surface area contributed by atoms with Crippen LogP contribution in [0.2, 0.25) is 10.0 Å². The Hall–Kier alpha value is -2.81. The van der Waals surface area contributed by atoms with Crippen molar-refractivity contribution < 1.29 is 29.6 Å². The molecule has 43 heavy (non-hydrogen) atoms. The van der Waals surface area contributed by atoms with Gasteiger partial charge >= 0.3 is 0 Å². The van der Waals surface area contributed by atoms with Crippen molar-refractivity contribution in [1.82, 2.24) is 24.8 Å². The van der Waals surface area contributed by atoms with E-state index in [2.05, 4.69) is 35.9 Å². The SMILES string of the molecule is COc1ccc([C@@H]2CN(C(=O)[C@@H](O)CO)C[C@@]2(C)[C@@H](C)O)cc1OC1CN(c2ncc(Cl)cn2)C1.Clc1cnc(Br)nc1. The summed E-state index contributed by atoms with van der Waals surface area (Å²) in [6.07, 6.45) is 3.87. The lowest BCUT2D eigenvalue weighted by atomic mass is 9.72. The molecule has 1 amide bonds. The minimum absolute atomic E-state index is 0.0945. The molecule has 12 nitrogen and oxygen atoms in total. The number of carbonyl (C=O) groups excluding carboxylic acids is 1. The highest BCUT2D eigenvalue weighted by atomic mass is 79.9. The third kappa shape index (κ3) is 7.83. The molecule has 3 aromatic rings. The zero-order valence-corrected chi connectivity index (χ0v) is 26.9. The maximum Gasteiger partial charge on any atom is 0.253 e. The average molecular weight is 700 g/mol. The number of likely N-dealkylation sites (tertiary alicyclic amines) is 1. The molecule has 232 valence electrons. The largest absolute Gasteiger partial charge is 0.493 e. The average Bonchev–Trinajstić information content (AvgIpc) is 3.35. The van der Waals surface area contributed by atoms with E-state index in [0.717, 1.165) is 5.56 Å². The molecular formula is C28H33BrCl2N6O6. The maximum absolute atomic E-state index is 12.6. The van der Waals surface area contributed by atoms with Gasteiger partial charge in [0.1, 0.15) is 6.10 Å². The van der Waals surface area contributed by atoms with E-state index in [9.17, 15) is 20.1 Å². The Morgan fingerprint density at radius 2 is 1.67 bits per heavy atom. The molecule has 4 atom stereocenters. The van der Waals surface area contributed by atoms with Gasteiger partial charge in [0.25, 0.3) is 5.91 Å². The number of benzene rings is 1. The first kappa shape index (κ1) is 33.1. The highest BCUT2D eigenvalue weighted by molar-refractivity contribution is 9.10. The number of aliphatic hydroxyl groups is 3. The van der Waals surface area contributed by atoms with E-state index in [1.165, 1.54) is 17.3 Å². The number of hydrogen-bond donors (Lipinski definition) is 3. The minimum Gasteiger partial charge on any atom is -0.493 e. The Balaban J connectivity index is 0.000000458. The molecule has 0 spiro atoms. The van der Waals surface area contributed by atoms with Gasteiger partial charge in [0.2, 0.25) is 5.95 Å². The third-order valence-electron chi connectivity index (χ3n) is 7.66. The number of ether oxygens (including phenoxy) is 2. The van der Waals surface area contributed by atoms with Crippen molar-refractivity contribution in [1.29, 1.82) is 0 Å². The van der Waals surface area contributed by atoms with Crippen LogP contribution in [0.3, 0.4) is 0 Å². The summed E-state index contributed by atoms with van der Waals surface area (Å²) in [5.74, 6) is 0.968. The summed E-state index contributed by atoms with van der Waals surface area (Å²) >= 11 is 14.4. The summed E-state index contributed by atoms with van der Waals surface area (Å²) in [4.78, 5) is 32.0. The lowest BCUT2D eigenvalue weighted by Gasteiger charge is -2.39. The molecule has 2 saturated heterocycles. The molecule has 1 aromatic carbocycles. The van der Waals surface area contributed by atoms with Crippen LogP contribution < -0.4 is 14.4 Å². The monoisotopic (exact) mass is 698 g/mol. The first-order valence-corrected chi connectivity index (χ1v) is 15.0. The smallest absolute Gasteiger partial charge is 0.253 e. The van der Waals surface area contributed by atoms with Gasteiger partial charge in [-0.05, 0) is 40.5 Å². The summed E-state index contributed by atoms with van der Waals surface area (Å²) in [5, 5.41) is 30.7. The van der Waals surface area contributed by atoms with Gasteiger partial charge in [0.05, 0.1) is 67.7 Å². The van der Waals surface area contributed by atoms with Gasteiger partial charge in [-0.25, -0.2) is 19.9 Å². The zero-order chi connectivity index (χ0) is 31.3. The van der Waals surface area contributed by atoms with Crippen molar-refractivity contribution in [2.45, 2.75) is 38.1 Å². The van der Waals surface area contributed by atoms with Crippen molar-refractivity contribution in [2.24, 2.45) is 5.41 Å². The second-order valence-electron chi connectivity index (χ2n) is 10.6. The van der Waals surface area contributed by atoms with Gasteiger partial charge < -0.3 is 34.6 Å². The highest BCUT2D eigenvalue weighted by Gasteiger charge is 2.49. The Morgan fingerprint density at radius 3 is 2.21 bits per heavy atom. The molecule has 0 bridgehead atoms. The lowest BCUT2D eigenvalue weighted by Crippen LogP contribution is -2.54. The van der Waals surface area contributed by atoms with Crippen LogP contribution in [0.4, 0.5) is 5.95 Å². The van der Waals surface area contributed by atoms with Crippen molar-refractivity contribution in [2.75, 3.05) is 44.8 Å². The Morgan fingerprint density at radius 1 is 1.07 bits per heavy atom. The van der Waals surface area contributed by atoms with Crippen molar-refractivity contribution in [3.05, 3.63) is 63.3 Å². The van der Waals surface area contributed by atoms with Crippen LogP contribution in [-0.4, -0.2) is 104 Å². The van der Waals surface area contributed by atoms with Gasteiger partial charge in [-0.3, -0.25) is 4.79 Å². The van der Waals surface area contributed by atoms with Crippen molar-refractivity contribution >= 4 is 51.0 Å². The summed E-state index contributed by atoms with van der Waals surface area (Å²) < 4.78 is 12.3. The number of aliphatic hydroxyl groups excluding tert-OH is 3. The number of carbonyl (C=O) groups is 1. The van der Waals surface area contributed by atoms with E-state index < -0.39 is 30.1 Å². The number of nitrogens with zero attached hydrogens (tertiary/aromatic N) is 6. The van der Waals surface area contributed by atoms with Crippen LogP contribution in [0.15, 0.2) is 47.7 Å². The number of hydrogen-bond acceptors (Lipinski definition) is 11. The summed E-state index contributed by atoms with van der Waals surface area (Å²) in [6, 6.07) is 5.61. The van der Waals surface area contributed by atoms with Gasteiger partial charge in [-0.2, -0.15) is 0 Å².